The molecule has 0 aliphatic carbocycles. The van der Waals surface area contributed by atoms with E-state index in [4.69, 9.17) is 23.2 Å². The molecular formula is C8H8Cl3NO2. The summed E-state index contributed by atoms with van der Waals surface area (Å²) in [4.78, 5) is 14.2. The number of carbonyl (C=O) groups is 1. The van der Waals surface area contributed by atoms with Crippen molar-refractivity contribution in [1.82, 2.24) is 4.98 Å². The van der Waals surface area contributed by atoms with Gasteiger partial charge in [0.1, 0.15) is 4.84 Å². The van der Waals surface area contributed by atoms with Crippen molar-refractivity contribution in [2.75, 3.05) is 7.11 Å². The smallest absolute Gasteiger partial charge is 0.339 e. The number of methoxy groups -OCH3 is 1. The van der Waals surface area contributed by atoms with Crippen LogP contribution in [0.2, 0.25) is 0 Å². The average Bonchev–Trinajstić information content (AvgIpc) is 2.17. The monoisotopic (exact) mass is 255 g/mol. The molecule has 1 rings (SSSR count). The number of rotatable bonds is 2. The fourth-order valence-electron chi connectivity index (χ4n) is 0.773. The summed E-state index contributed by atoms with van der Waals surface area (Å²) in [7, 11) is 1.31. The molecule has 0 atom stereocenters. The van der Waals surface area contributed by atoms with Crippen LogP contribution in [0, 0.1) is 0 Å². The Morgan fingerprint density at radius 1 is 1.50 bits per heavy atom. The van der Waals surface area contributed by atoms with E-state index in [1.54, 1.807) is 12.1 Å². The molecule has 0 saturated heterocycles. The number of esters is 1. The topological polar surface area (TPSA) is 39.2 Å². The van der Waals surface area contributed by atoms with E-state index in [1.807, 2.05) is 0 Å². The molecule has 0 aliphatic rings. The highest BCUT2D eigenvalue weighted by Gasteiger charge is 2.08. The van der Waals surface area contributed by atoms with Gasteiger partial charge in [-0.3, -0.25) is 4.98 Å². The van der Waals surface area contributed by atoms with Gasteiger partial charge >= 0.3 is 5.97 Å². The van der Waals surface area contributed by atoms with Gasteiger partial charge in [-0.2, -0.15) is 0 Å². The second-order valence-corrected chi connectivity index (χ2v) is 3.36. The number of pyridine rings is 1. The molecule has 0 saturated carbocycles. The third kappa shape index (κ3) is 3.33. The number of ether oxygens (including phenoxy) is 1. The minimum atomic E-state index is -0.674. The van der Waals surface area contributed by atoms with Gasteiger partial charge in [0.25, 0.3) is 0 Å². The van der Waals surface area contributed by atoms with Crippen molar-refractivity contribution in [3.8, 4) is 0 Å². The summed E-state index contributed by atoms with van der Waals surface area (Å²) in [6.07, 6.45) is 1.37. The van der Waals surface area contributed by atoms with Gasteiger partial charge in [0.15, 0.2) is 0 Å². The first-order chi connectivity index (χ1) is 6.15. The number of alkyl halides is 2. The molecule has 0 amide bonds. The second kappa shape index (κ2) is 6.06. The molecule has 0 radical (unpaired) electrons. The zero-order valence-electron chi connectivity index (χ0n) is 7.24. The lowest BCUT2D eigenvalue weighted by atomic mass is 10.2. The van der Waals surface area contributed by atoms with E-state index in [9.17, 15) is 4.79 Å². The summed E-state index contributed by atoms with van der Waals surface area (Å²) >= 11 is 11.1. The number of hydrogen-bond donors (Lipinski definition) is 0. The first-order valence-corrected chi connectivity index (χ1v) is 4.35. The van der Waals surface area contributed by atoms with Crippen molar-refractivity contribution in [3.63, 3.8) is 0 Å². The van der Waals surface area contributed by atoms with E-state index in [-0.39, 0.29) is 12.4 Å². The number of halogens is 3. The van der Waals surface area contributed by atoms with Crippen molar-refractivity contribution in [2.45, 2.75) is 4.84 Å². The van der Waals surface area contributed by atoms with Gasteiger partial charge in [-0.1, -0.05) is 23.2 Å². The van der Waals surface area contributed by atoms with Gasteiger partial charge in [-0.25, -0.2) is 4.79 Å². The Morgan fingerprint density at radius 3 is 2.50 bits per heavy atom. The summed E-state index contributed by atoms with van der Waals surface area (Å²) < 4.78 is 4.49. The maximum Gasteiger partial charge on any atom is 0.339 e. The summed E-state index contributed by atoms with van der Waals surface area (Å²) in [6, 6.07) is 3.14. The molecule has 1 heterocycles. The molecule has 14 heavy (non-hydrogen) atoms. The molecule has 3 nitrogen and oxygen atoms in total. The zero-order chi connectivity index (χ0) is 9.84. The highest BCUT2D eigenvalue weighted by Crippen LogP contribution is 2.22. The van der Waals surface area contributed by atoms with Gasteiger partial charge in [0.05, 0.1) is 18.4 Å². The third-order valence-electron chi connectivity index (χ3n) is 1.43. The summed E-state index contributed by atoms with van der Waals surface area (Å²) in [5.41, 5.74) is 0.885. The summed E-state index contributed by atoms with van der Waals surface area (Å²) in [5.74, 6) is -0.431. The van der Waals surface area contributed by atoms with E-state index in [0.717, 1.165) is 0 Å². The molecule has 1 aromatic heterocycles. The van der Waals surface area contributed by atoms with Crippen molar-refractivity contribution < 1.29 is 9.53 Å². The summed E-state index contributed by atoms with van der Waals surface area (Å²) in [5, 5.41) is 0. The lowest BCUT2D eigenvalue weighted by Gasteiger charge is -2.01. The maximum absolute atomic E-state index is 11.0. The Hall–Kier alpha value is -0.510. The predicted octanol–water partition coefficient (Wildman–Crippen LogP) is 2.77. The van der Waals surface area contributed by atoms with Crippen LogP contribution in [0.5, 0.6) is 0 Å². The van der Waals surface area contributed by atoms with E-state index >= 15 is 0 Å². The standard InChI is InChI=1S/C8H7Cl2NO2.ClH/c1-13-8(12)5-2-3-6(7(9)10)11-4-5;/h2-4,7H,1H3;1H. The third-order valence-corrected chi connectivity index (χ3v) is 1.88. The number of hydrogen-bond acceptors (Lipinski definition) is 3. The van der Waals surface area contributed by atoms with Crippen LogP contribution in [0.3, 0.4) is 0 Å². The van der Waals surface area contributed by atoms with Crippen LogP contribution in [-0.2, 0) is 4.74 Å². The Kier molecular flexibility index (Phi) is 5.84. The molecular weight excluding hydrogens is 248 g/mol. The van der Waals surface area contributed by atoms with Gasteiger partial charge in [0.2, 0.25) is 0 Å². The first-order valence-electron chi connectivity index (χ1n) is 3.47. The molecule has 0 fully saturated rings. The Labute approximate surface area is 97.8 Å². The van der Waals surface area contributed by atoms with Crippen molar-refractivity contribution in [2.24, 2.45) is 0 Å². The minimum Gasteiger partial charge on any atom is -0.465 e. The SMILES string of the molecule is COC(=O)c1ccc(C(Cl)Cl)nc1.Cl. The van der Waals surface area contributed by atoms with E-state index in [2.05, 4.69) is 9.72 Å². The maximum atomic E-state index is 11.0. The fraction of sp³-hybridized carbons (Fsp3) is 0.250. The molecule has 0 bridgehead atoms. The number of carbonyl (C=O) groups excluding carboxylic acids is 1. The Morgan fingerprint density at radius 2 is 2.14 bits per heavy atom. The van der Waals surface area contributed by atoms with Gasteiger partial charge < -0.3 is 4.74 Å². The minimum absolute atomic E-state index is 0. The Balaban J connectivity index is 0.00000169. The van der Waals surface area contributed by atoms with Crippen molar-refractivity contribution in [1.29, 1.82) is 0 Å². The number of aromatic nitrogens is 1. The molecule has 1 aromatic rings. The quantitative estimate of drug-likeness (QED) is 0.603. The molecule has 78 valence electrons. The normalized spacial score (nSPS) is 9.43. The van der Waals surface area contributed by atoms with E-state index < -0.39 is 10.8 Å². The van der Waals surface area contributed by atoms with Crippen LogP contribution in [0.1, 0.15) is 20.9 Å². The van der Waals surface area contributed by atoms with Crippen LogP contribution < -0.4 is 0 Å². The Bertz CT molecular complexity index is 300. The fourth-order valence-corrected chi connectivity index (χ4v) is 1.03. The lowest BCUT2D eigenvalue weighted by molar-refractivity contribution is 0.0600. The van der Waals surface area contributed by atoms with Gasteiger partial charge in [0, 0.05) is 6.20 Å². The molecule has 6 heteroatoms. The highest BCUT2D eigenvalue weighted by atomic mass is 35.5. The van der Waals surface area contributed by atoms with Crippen LogP contribution in [0.25, 0.3) is 0 Å². The van der Waals surface area contributed by atoms with Crippen LogP contribution in [0.4, 0.5) is 0 Å². The average molecular weight is 257 g/mol. The predicted molar refractivity (Wildman–Crippen MR) is 57.3 cm³/mol. The molecule has 0 aliphatic heterocycles. The largest absolute Gasteiger partial charge is 0.465 e. The van der Waals surface area contributed by atoms with Crippen molar-refractivity contribution >= 4 is 41.6 Å². The molecule has 0 N–H and O–H groups in total. The summed E-state index contributed by atoms with van der Waals surface area (Å²) in [6.45, 7) is 0. The first kappa shape index (κ1) is 13.5. The van der Waals surface area contributed by atoms with E-state index in [0.29, 0.717) is 11.3 Å². The zero-order valence-corrected chi connectivity index (χ0v) is 9.57. The van der Waals surface area contributed by atoms with Crippen molar-refractivity contribution in [3.05, 3.63) is 29.6 Å². The number of nitrogens with zero attached hydrogens (tertiary/aromatic N) is 1. The molecule has 0 spiro atoms. The molecule has 0 unspecified atom stereocenters. The lowest BCUT2D eigenvalue weighted by Crippen LogP contribution is -2.02. The van der Waals surface area contributed by atoms with Crippen LogP contribution >= 0.6 is 35.6 Å². The van der Waals surface area contributed by atoms with Gasteiger partial charge in [-0.15, -0.1) is 12.4 Å². The van der Waals surface area contributed by atoms with E-state index in [1.165, 1.54) is 13.3 Å². The van der Waals surface area contributed by atoms with Crippen LogP contribution in [-0.4, -0.2) is 18.1 Å². The molecule has 0 aromatic carbocycles. The second-order valence-electron chi connectivity index (χ2n) is 2.26. The van der Waals surface area contributed by atoms with Gasteiger partial charge in [-0.05, 0) is 12.1 Å². The van der Waals surface area contributed by atoms with Crippen LogP contribution in [0.15, 0.2) is 18.3 Å². The highest BCUT2D eigenvalue weighted by molar-refractivity contribution is 6.43.